The molecule has 0 bridgehead atoms. The lowest BCUT2D eigenvalue weighted by atomic mass is 10.1. The summed E-state index contributed by atoms with van der Waals surface area (Å²) in [6.07, 6.45) is 0.199. The van der Waals surface area contributed by atoms with E-state index in [0.717, 1.165) is 11.3 Å². The van der Waals surface area contributed by atoms with Crippen molar-refractivity contribution in [3.8, 4) is 11.5 Å². The average Bonchev–Trinajstić information content (AvgIpc) is 2.40. The van der Waals surface area contributed by atoms with Crippen LogP contribution in [-0.2, 0) is 0 Å². The van der Waals surface area contributed by atoms with Crippen LogP contribution in [0.2, 0.25) is 0 Å². The monoisotopic (exact) mass is 228 g/mol. The summed E-state index contributed by atoms with van der Waals surface area (Å²) in [5.74, 6) is 1.50. The molecule has 2 aromatic rings. The summed E-state index contributed by atoms with van der Waals surface area (Å²) in [4.78, 5) is 0. The second-order valence-corrected chi connectivity index (χ2v) is 3.88. The lowest BCUT2D eigenvalue weighted by molar-refractivity contribution is 0.170. The quantitative estimate of drug-likeness (QED) is 0.859. The number of aliphatic hydroxyl groups is 1. The first kappa shape index (κ1) is 11.7. The van der Waals surface area contributed by atoms with Crippen molar-refractivity contribution in [2.45, 2.75) is 19.4 Å². The summed E-state index contributed by atoms with van der Waals surface area (Å²) in [6, 6.07) is 17.2. The minimum absolute atomic E-state index is 0.477. The molecule has 1 N–H and O–H groups in total. The summed E-state index contributed by atoms with van der Waals surface area (Å²) in [6.45, 7) is 1.95. The van der Waals surface area contributed by atoms with Crippen LogP contribution in [0.15, 0.2) is 54.6 Å². The van der Waals surface area contributed by atoms with Crippen LogP contribution < -0.4 is 4.74 Å². The first-order valence-electron chi connectivity index (χ1n) is 5.81. The fourth-order valence-corrected chi connectivity index (χ4v) is 1.68. The second-order valence-electron chi connectivity index (χ2n) is 3.88. The molecule has 0 amide bonds. The van der Waals surface area contributed by atoms with E-state index in [1.165, 1.54) is 0 Å². The van der Waals surface area contributed by atoms with Gasteiger partial charge in [-0.15, -0.1) is 0 Å². The smallest absolute Gasteiger partial charge is 0.133 e. The van der Waals surface area contributed by atoms with Gasteiger partial charge < -0.3 is 9.84 Å². The van der Waals surface area contributed by atoms with Crippen molar-refractivity contribution in [2.75, 3.05) is 0 Å². The first-order valence-corrected chi connectivity index (χ1v) is 5.81. The number of benzene rings is 2. The SMILES string of the molecule is CC[C@@H](O)c1ccccc1Oc1ccccc1. The molecule has 0 unspecified atom stereocenters. The van der Waals surface area contributed by atoms with Crippen molar-refractivity contribution < 1.29 is 9.84 Å². The predicted octanol–water partition coefficient (Wildman–Crippen LogP) is 3.92. The normalized spacial score (nSPS) is 12.1. The van der Waals surface area contributed by atoms with Crippen LogP contribution in [0.4, 0.5) is 0 Å². The topological polar surface area (TPSA) is 29.5 Å². The fourth-order valence-electron chi connectivity index (χ4n) is 1.68. The first-order chi connectivity index (χ1) is 8.31. The predicted molar refractivity (Wildman–Crippen MR) is 68.2 cm³/mol. The summed E-state index contributed by atoms with van der Waals surface area (Å²) >= 11 is 0. The fraction of sp³-hybridized carbons (Fsp3) is 0.200. The molecule has 2 rings (SSSR count). The zero-order chi connectivity index (χ0) is 12.1. The Labute approximate surface area is 101 Å². The van der Waals surface area contributed by atoms with Crippen LogP contribution in [-0.4, -0.2) is 5.11 Å². The van der Waals surface area contributed by atoms with Crippen LogP contribution in [0, 0.1) is 0 Å². The third kappa shape index (κ3) is 2.86. The maximum Gasteiger partial charge on any atom is 0.133 e. The van der Waals surface area contributed by atoms with Crippen molar-refractivity contribution in [3.63, 3.8) is 0 Å². The summed E-state index contributed by atoms with van der Waals surface area (Å²) in [7, 11) is 0. The van der Waals surface area contributed by atoms with Gasteiger partial charge in [-0.25, -0.2) is 0 Å². The molecule has 0 saturated heterocycles. The molecule has 0 spiro atoms. The summed E-state index contributed by atoms with van der Waals surface area (Å²) in [5.41, 5.74) is 0.832. The molecule has 0 fully saturated rings. The standard InChI is InChI=1S/C15H16O2/c1-2-14(16)13-10-6-7-11-15(13)17-12-8-4-3-5-9-12/h3-11,14,16H,2H2,1H3/t14-/m1/s1. The molecule has 0 aliphatic heterocycles. The van der Waals surface area contributed by atoms with Gasteiger partial charge in [-0.3, -0.25) is 0 Å². The highest BCUT2D eigenvalue weighted by Gasteiger charge is 2.11. The van der Waals surface area contributed by atoms with Crippen LogP contribution in [0.3, 0.4) is 0 Å². The Kier molecular flexibility index (Phi) is 3.78. The van der Waals surface area contributed by atoms with Gasteiger partial charge in [0.25, 0.3) is 0 Å². The number of ether oxygens (including phenoxy) is 1. The number of hydrogen-bond acceptors (Lipinski definition) is 2. The van der Waals surface area contributed by atoms with Gasteiger partial charge in [0.05, 0.1) is 6.10 Å². The molecule has 0 heterocycles. The van der Waals surface area contributed by atoms with Gasteiger partial charge in [0.1, 0.15) is 11.5 Å². The van der Waals surface area contributed by atoms with Crippen LogP contribution >= 0.6 is 0 Å². The molecular formula is C15H16O2. The third-order valence-corrected chi connectivity index (χ3v) is 2.64. The third-order valence-electron chi connectivity index (χ3n) is 2.64. The molecule has 0 radical (unpaired) electrons. The Morgan fingerprint density at radius 2 is 1.65 bits per heavy atom. The minimum atomic E-state index is -0.477. The highest BCUT2D eigenvalue weighted by atomic mass is 16.5. The van der Waals surface area contributed by atoms with Crippen LogP contribution in [0.25, 0.3) is 0 Å². The maximum absolute atomic E-state index is 9.91. The molecule has 2 heteroatoms. The van der Waals surface area contributed by atoms with E-state index in [1.54, 1.807) is 0 Å². The highest BCUT2D eigenvalue weighted by Crippen LogP contribution is 2.30. The molecule has 2 nitrogen and oxygen atoms in total. The van der Waals surface area contributed by atoms with Gasteiger partial charge in [-0.05, 0) is 24.6 Å². The van der Waals surface area contributed by atoms with Gasteiger partial charge in [-0.2, -0.15) is 0 Å². The summed E-state index contributed by atoms with van der Waals surface area (Å²) in [5, 5.41) is 9.91. The van der Waals surface area contributed by atoms with Crippen molar-refractivity contribution >= 4 is 0 Å². The Morgan fingerprint density at radius 3 is 2.35 bits per heavy atom. The van der Waals surface area contributed by atoms with Crippen molar-refractivity contribution in [1.29, 1.82) is 0 Å². The van der Waals surface area contributed by atoms with Crippen LogP contribution in [0.5, 0.6) is 11.5 Å². The molecule has 17 heavy (non-hydrogen) atoms. The Balaban J connectivity index is 2.27. The van der Waals surface area contributed by atoms with Gasteiger partial charge >= 0.3 is 0 Å². The van der Waals surface area contributed by atoms with Gasteiger partial charge in [0.2, 0.25) is 0 Å². The molecule has 2 aromatic carbocycles. The maximum atomic E-state index is 9.91. The number of rotatable bonds is 4. The molecule has 88 valence electrons. The zero-order valence-electron chi connectivity index (χ0n) is 9.84. The molecule has 1 atom stereocenters. The molecule has 0 saturated carbocycles. The number of para-hydroxylation sites is 2. The lowest BCUT2D eigenvalue weighted by Crippen LogP contribution is -1.98. The summed E-state index contributed by atoms with van der Waals surface area (Å²) < 4.78 is 5.77. The Bertz CT molecular complexity index is 465. The largest absolute Gasteiger partial charge is 0.457 e. The Morgan fingerprint density at radius 1 is 1.00 bits per heavy atom. The second kappa shape index (κ2) is 5.51. The lowest BCUT2D eigenvalue weighted by Gasteiger charge is -2.14. The van der Waals surface area contributed by atoms with E-state index in [2.05, 4.69) is 0 Å². The highest BCUT2D eigenvalue weighted by molar-refractivity contribution is 5.38. The van der Waals surface area contributed by atoms with Gasteiger partial charge in [0.15, 0.2) is 0 Å². The molecule has 0 aromatic heterocycles. The van der Waals surface area contributed by atoms with Gasteiger partial charge in [-0.1, -0.05) is 43.3 Å². The Hall–Kier alpha value is -1.80. The van der Waals surface area contributed by atoms with E-state index in [9.17, 15) is 5.11 Å². The van der Waals surface area contributed by atoms with Crippen molar-refractivity contribution in [1.82, 2.24) is 0 Å². The minimum Gasteiger partial charge on any atom is -0.457 e. The van der Waals surface area contributed by atoms with E-state index in [0.29, 0.717) is 12.2 Å². The van der Waals surface area contributed by atoms with Gasteiger partial charge in [0, 0.05) is 5.56 Å². The molecule has 0 aliphatic rings. The van der Waals surface area contributed by atoms with Crippen LogP contribution in [0.1, 0.15) is 25.0 Å². The number of hydrogen-bond donors (Lipinski definition) is 1. The van der Waals surface area contributed by atoms with E-state index < -0.39 is 6.10 Å². The molecule has 0 aliphatic carbocycles. The van der Waals surface area contributed by atoms with Crippen molar-refractivity contribution in [3.05, 3.63) is 60.2 Å². The average molecular weight is 228 g/mol. The van der Waals surface area contributed by atoms with E-state index in [-0.39, 0.29) is 0 Å². The number of aliphatic hydroxyl groups excluding tert-OH is 1. The van der Waals surface area contributed by atoms with E-state index >= 15 is 0 Å². The molecular weight excluding hydrogens is 212 g/mol. The van der Waals surface area contributed by atoms with E-state index in [4.69, 9.17) is 4.74 Å². The zero-order valence-corrected chi connectivity index (χ0v) is 9.84. The van der Waals surface area contributed by atoms with E-state index in [1.807, 2.05) is 61.5 Å². The van der Waals surface area contributed by atoms with Crippen molar-refractivity contribution in [2.24, 2.45) is 0 Å².